The highest BCUT2D eigenvalue weighted by atomic mass is 127. The minimum absolute atomic E-state index is 0. The van der Waals surface area contributed by atoms with Crippen LogP contribution in [0.3, 0.4) is 0 Å². The van der Waals surface area contributed by atoms with E-state index < -0.39 is 15.6 Å². The van der Waals surface area contributed by atoms with Crippen LogP contribution >= 0.6 is 35.6 Å². The molecule has 1 aromatic rings. The van der Waals surface area contributed by atoms with Crippen molar-refractivity contribution in [1.29, 1.82) is 0 Å². The first-order valence-electron chi connectivity index (χ1n) is 7.24. The number of guanidine groups is 1. The van der Waals surface area contributed by atoms with Gasteiger partial charge in [-0.1, -0.05) is 23.7 Å². The molecule has 0 heterocycles. The smallest absolute Gasteiger partial charge is 0.209 e. The average Bonchev–Trinajstić information content (AvgIpc) is 2.40. The van der Waals surface area contributed by atoms with Crippen LogP contribution in [0, 0.1) is 0 Å². The van der Waals surface area contributed by atoms with Crippen LogP contribution in [-0.2, 0) is 10.0 Å². The monoisotopic (exact) mass is 488 g/mol. The van der Waals surface area contributed by atoms with Crippen molar-refractivity contribution in [3.63, 3.8) is 0 Å². The van der Waals surface area contributed by atoms with Crippen LogP contribution in [0.2, 0.25) is 5.02 Å². The Balaban J connectivity index is 0.00000529. The summed E-state index contributed by atoms with van der Waals surface area (Å²) in [5.41, 5.74) is 0.402. The third-order valence-electron chi connectivity index (χ3n) is 3.08. The summed E-state index contributed by atoms with van der Waals surface area (Å²) < 4.78 is 25.3. The lowest BCUT2D eigenvalue weighted by atomic mass is 10.1. The van der Waals surface area contributed by atoms with E-state index in [0.29, 0.717) is 17.5 Å². The molecule has 0 aliphatic carbocycles. The van der Waals surface area contributed by atoms with E-state index in [-0.39, 0.29) is 30.0 Å². The van der Waals surface area contributed by atoms with E-state index >= 15 is 0 Å². The predicted octanol–water partition coefficient (Wildman–Crippen LogP) is 2.51. The van der Waals surface area contributed by atoms with Crippen LogP contribution in [0.25, 0.3) is 0 Å². The molecule has 138 valence electrons. The van der Waals surface area contributed by atoms with Crippen LogP contribution in [-0.4, -0.2) is 39.8 Å². The number of aliphatic imine (C=N–C) groups is 1. The maximum atomic E-state index is 11.4. The number of halogens is 2. The average molecular weight is 489 g/mol. The lowest BCUT2D eigenvalue weighted by Gasteiger charge is -2.27. The number of rotatable bonds is 6. The maximum Gasteiger partial charge on any atom is 0.209 e. The van der Waals surface area contributed by atoms with Crippen LogP contribution < -0.4 is 15.4 Å². The van der Waals surface area contributed by atoms with Gasteiger partial charge in [0.2, 0.25) is 10.0 Å². The minimum Gasteiger partial charge on any atom is -0.355 e. The van der Waals surface area contributed by atoms with Crippen molar-refractivity contribution in [3.8, 4) is 0 Å². The Labute approximate surface area is 166 Å². The topological polar surface area (TPSA) is 82.6 Å². The summed E-state index contributed by atoms with van der Waals surface area (Å²) in [5, 5.41) is 7.05. The number of nitrogens with one attached hydrogen (secondary N) is 3. The first-order chi connectivity index (χ1) is 10.5. The molecule has 1 atom stereocenters. The van der Waals surface area contributed by atoms with Gasteiger partial charge in [0.25, 0.3) is 0 Å². The molecule has 0 fully saturated rings. The second kappa shape index (κ2) is 9.79. The fourth-order valence-electron chi connectivity index (χ4n) is 2.10. The van der Waals surface area contributed by atoms with E-state index in [1.807, 2.05) is 31.2 Å². The van der Waals surface area contributed by atoms with Crippen molar-refractivity contribution in [2.45, 2.75) is 32.4 Å². The molecule has 1 unspecified atom stereocenters. The first-order valence-corrected chi connectivity index (χ1v) is 9.51. The van der Waals surface area contributed by atoms with Gasteiger partial charge in [-0.05, 0) is 38.5 Å². The molecule has 0 aliphatic rings. The Hall–Kier alpha value is -0.580. The zero-order valence-electron chi connectivity index (χ0n) is 14.6. The molecule has 24 heavy (non-hydrogen) atoms. The Morgan fingerprint density at radius 3 is 2.50 bits per heavy atom. The molecule has 1 rings (SSSR count). The number of nitrogens with zero attached hydrogens (tertiary/aromatic N) is 1. The van der Waals surface area contributed by atoms with E-state index in [0.717, 1.165) is 11.8 Å². The van der Waals surface area contributed by atoms with Crippen molar-refractivity contribution in [1.82, 2.24) is 15.4 Å². The van der Waals surface area contributed by atoms with Gasteiger partial charge in [-0.3, -0.25) is 4.99 Å². The van der Waals surface area contributed by atoms with Gasteiger partial charge >= 0.3 is 0 Å². The molecule has 3 N–H and O–H groups in total. The number of sulfonamides is 1. The van der Waals surface area contributed by atoms with Gasteiger partial charge in [-0.25, -0.2) is 13.1 Å². The van der Waals surface area contributed by atoms with E-state index in [2.05, 4.69) is 20.3 Å². The number of benzene rings is 1. The summed E-state index contributed by atoms with van der Waals surface area (Å²) in [6.45, 7) is 5.99. The van der Waals surface area contributed by atoms with Crippen LogP contribution in [0.1, 0.15) is 32.4 Å². The minimum atomic E-state index is -3.27. The highest BCUT2D eigenvalue weighted by Gasteiger charge is 2.22. The molecule has 1 aromatic carbocycles. The molecule has 0 spiro atoms. The summed E-state index contributed by atoms with van der Waals surface area (Å²) in [6, 6.07) is 7.59. The third kappa shape index (κ3) is 9.05. The van der Waals surface area contributed by atoms with Crippen molar-refractivity contribution in [2.24, 2.45) is 4.99 Å². The molecule has 0 saturated heterocycles. The zero-order chi connectivity index (χ0) is 17.7. The number of hydrogen-bond donors (Lipinski definition) is 3. The molecule has 9 heteroatoms. The SMILES string of the molecule is CN=C(NCC(C)(C)NS(C)(=O)=O)NC(C)c1cccc(Cl)c1.I. The summed E-state index contributed by atoms with van der Waals surface area (Å²) in [7, 11) is -1.61. The lowest BCUT2D eigenvalue weighted by molar-refractivity contribution is 0.445. The quantitative estimate of drug-likeness (QED) is 0.326. The standard InChI is InChI=1S/C15H25ClN4O2S.HI/c1-11(12-7-6-8-13(16)9-12)19-14(17-4)18-10-15(2,3)20-23(5,21)22;/h6-9,11,20H,10H2,1-5H3,(H2,17,18,19);1H. The lowest BCUT2D eigenvalue weighted by Crippen LogP contribution is -2.53. The van der Waals surface area contributed by atoms with E-state index in [1.54, 1.807) is 20.9 Å². The molecular weight excluding hydrogens is 463 g/mol. The molecular formula is C15H26ClIN4O2S. The van der Waals surface area contributed by atoms with E-state index in [4.69, 9.17) is 11.6 Å². The van der Waals surface area contributed by atoms with Gasteiger partial charge in [0.1, 0.15) is 0 Å². The van der Waals surface area contributed by atoms with Crippen molar-refractivity contribution in [3.05, 3.63) is 34.9 Å². The Bertz CT molecular complexity index is 665. The van der Waals surface area contributed by atoms with E-state index in [1.165, 1.54) is 0 Å². The second-order valence-corrected chi connectivity index (χ2v) is 8.29. The van der Waals surface area contributed by atoms with Crippen LogP contribution in [0.4, 0.5) is 0 Å². The Morgan fingerprint density at radius 2 is 2.00 bits per heavy atom. The summed E-state index contributed by atoms with van der Waals surface area (Å²) in [4.78, 5) is 4.16. The van der Waals surface area contributed by atoms with Gasteiger partial charge in [-0.15, -0.1) is 24.0 Å². The molecule has 0 amide bonds. The maximum absolute atomic E-state index is 11.4. The third-order valence-corrected chi connectivity index (χ3v) is 4.24. The van der Waals surface area contributed by atoms with Crippen molar-refractivity contribution >= 4 is 51.6 Å². The summed E-state index contributed by atoms with van der Waals surface area (Å²) in [6.07, 6.45) is 1.14. The fourth-order valence-corrected chi connectivity index (χ4v) is 3.38. The molecule has 0 bridgehead atoms. The molecule has 0 aliphatic heterocycles. The fraction of sp³-hybridized carbons (Fsp3) is 0.533. The largest absolute Gasteiger partial charge is 0.355 e. The van der Waals surface area contributed by atoms with Gasteiger partial charge in [0.15, 0.2) is 5.96 Å². The van der Waals surface area contributed by atoms with Gasteiger partial charge in [-0.2, -0.15) is 0 Å². The van der Waals surface area contributed by atoms with Gasteiger partial charge in [0, 0.05) is 24.2 Å². The Kier molecular flexibility index (Phi) is 9.55. The normalized spacial score (nSPS) is 13.8. The predicted molar refractivity (Wildman–Crippen MR) is 112 cm³/mol. The Morgan fingerprint density at radius 1 is 1.38 bits per heavy atom. The summed E-state index contributed by atoms with van der Waals surface area (Å²) in [5.74, 6) is 0.584. The highest BCUT2D eigenvalue weighted by Crippen LogP contribution is 2.17. The van der Waals surface area contributed by atoms with Gasteiger partial charge in [0.05, 0.1) is 12.3 Å². The molecule has 0 radical (unpaired) electrons. The highest BCUT2D eigenvalue weighted by molar-refractivity contribution is 14.0. The van der Waals surface area contributed by atoms with Crippen LogP contribution in [0.5, 0.6) is 0 Å². The molecule has 0 aromatic heterocycles. The first kappa shape index (κ1) is 23.4. The zero-order valence-corrected chi connectivity index (χ0v) is 18.5. The van der Waals surface area contributed by atoms with Crippen molar-refractivity contribution in [2.75, 3.05) is 19.8 Å². The molecule has 0 saturated carbocycles. The van der Waals surface area contributed by atoms with Gasteiger partial charge < -0.3 is 10.6 Å². The van der Waals surface area contributed by atoms with Crippen LogP contribution in [0.15, 0.2) is 29.3 Å². The number of hydrogen-bond acceptors (Lipinski definition) is 3. The second-order valence-electron chi connectivity index (χ2n) is 6.10. The van der Waals surface area contributed by atoms with E-state index in [9.17, 15) is 8.42 Å². The van der Waals surface area contributed by atoms with Crippen molar-refractivity contribution < 1.29 is 8.42 Å². The summed E-state index contributed by atoms with van der Waals surface area (Å²) >= 11 is 6.00. The molecule has 6 nitrogen and oxygen atoms in total.